The lowest BCUT2D eigenvalue weighted by atomic mass is 9.62. The van der Waals surface area contributed by atoms with Crippen LogP contribution < -0.4 is 0 Å². The number of ketones is 1. The summed E-state index contributed by atoms with van der Waals surface area (Å²) in [6.07, 6.45) is 5.61. The van der Waals surface area contributed by atoms with Gasteiger partial charge in [-0.25, -0.2) is 0 Å². The fourth-order valence-electron chi connectivity index (χ4n) is 6.22. The quantitative estimate of drug-likeness (QED) is 0.364. The van der Waals surface area contributed by atoms with E-state index in [4.69, 9.17) is 0 Å². The summed E-state index contributed by atoms with van der Waals surface area (Å²) < 4.78 is 0. The fourth-order valence-corrected chi connectivity index (χ4v) is 6.22. The molecule has 33 heavy (non-hydrogen) atoms. The normalized spacial score (nSPS) is 22.8. The molecule has 1 aromatic heterocycles. The molecule has 3 aromatic carbocycles. The van der Waals surface area contributed by atoms with Crippen molar-refractivity contribution in [3.05, 3.63) is 118 Å². The van der Waals surface area contributed by atoms with E-state index in [1.165, 1.54) is 44.4 Å². The summed E-state index contributed by atoms with van der Waals surface area (Å²) in [5.74, 6) is 1.10. The Morgan fingerprint density at radius 2 is 1.58 bits per heavy atom. The van der Waals surface area contributed by atoms with Gasteiger partial charge in [0.1, 0.15) is 0 Å². The van der Waals surface area contributed by atoms with Gasteiger partial charge in [-0.1, -0.05) is 83.9 Å². The molecule has 0 spiro atoms. The van der Waals surface area contributed by atoms with E-state index in [1.54, 1.807) is 0 Å². The minimum atomic E-state index is 0.216. The van der Waals surface area contributed by atoms with E-state index in [9.17, 15) is 4.79 Å². The van der Waals surface area contributed by atoms with Crippen molar-refractivity contribution >= 4 is 16.7 Å². The number of carbonyl (C=O) groups excluding carboxylic acids is 1. The maximum Gasteiger partial charge on any atom is 0.155 e. The molecule has 2 aliphatic rings. The van der Waals surface area contributed by atoms with Crippen LogP contribution in [0.1, 0.15) is 59.0 Å². The van der Waals surface area contributed by atoms with Crippen LogP contribution in [0.25, 0.3) is 10.9 Å². The molecular formula is C31H29NO. The molecule has 4 aromatic rings. The predicted octanol–water partition coefficient (Wildman–Crippen LogP) is 7.24. The van der Waals surface area contributed by atoms with E-state index in [-0.39, 0.29) is 17.6 Å². The number of hydrogen-bond acceptors (Lipinski definition) is 1. The van der Waals surface area contributed by atoms with Crippen LogP contribution >= 0.6 is 0 Å². The number of hydrogen-bond donors (Lipinski definition) is 1. The molecule has 0 unspecified atom stereocenters. The second-order valence-corrected chi connectivity index (χ2v) is 9.74. The zero-order valence-electron chi connectivity index (χ0n) is 19.1. The molecule has 0 fully saturated rings. The van der Waals surface area contributed by atoms with Gasteiger partial charge in [0, 0.05) is 28.9 Å². The zero-order valence-corrected chi connectivity index (χ0v) is 19.1. The molecule has 0 bridgehead atoms. The number of benzene rings is 3. The average Bonchev–Trinajstić information content (AvgIpc) is 3.22. The Balaban J connectivity index is 1.63. The van der Waals surface area contributed by atoms with Gasteiger partial charge in [0.2, 0.25) is 0 Å². The molecule has 0 saturated heterocycles. The summed E-state index contributed by atoms with van der Waals surface area (Å²) in [6.45, 7) is 2.15. The average molecular weight is 432 g/mol. The molecule has 1 heterocycles. The smallest absolute Gasteiger partial charge is 0.155 e. The number of fused-ring (bicyclic) bond motifs is 3. The number of aryl methyl sites for hydroxylation is 1. The van der Waals surface area contributed by atoms with Crippen LogP contribution in [0.15, 0.2) is 90.5 Å². The van der Waals surface area contributed by atoms with Crippen LogP contribution in [-0.2, 0) is 11.2 Å². The molecule has 2 aliphatic carbocycles. The number of para-hydroxylation sites is 1. The van der Waals surface area contributed by atoms with Crippen molar-refractivity contribution in [2.24, 2.45) is 5.92 Å². The van der Waals surface area contributed by atoms with Gasteiger partial charge in [0.15, 0.2) is 5.78 Å². The second-order valence-electron chi connectivity index (χ2n) is 9.74. The molecule has 6 rings (SSSR count). The van der Waals surface area contributed by atoms with Crippen molar-refractivity contribution in [3.63, 3.8) is 0 Å². The number of rotatable bonds is 3. The SMILES string of the molecule is Cc1ccc([C@@H]2c3c([nH]c4ccccc34)C[C@@H](c3ccccc3)[C@H]2C2=CC(=O)CCC2)cc1. The molecule has 3 atom stereocenters. The van der Waals surface area contributed by atoms with Gasteiger partial charge in [0.25, 0.3) is 0 Å². The third-order valence-electron chi connectivity index (χ3n) is 7.68. The predicted molar refractivity (Wildman–Crippen MR) is 135 cm³/mol. The number of nitrogens with one attached hydrogen (secondary N) is 1. The van der Waals surface area contributed by atoms with E-state index in [1.807, 2.05) is 6.08 Å². The Bertz CT molecular complexity index is 1340. The van der Waals surface area contributed by atoms with Crippen molar-refractivity contribution in [2.45, 2.75) is 44.4 Å². The first-order valence-corrected chi connectivity index (χ1v) is 12.1. The van der Waals surface area contributed by atoms with Crippen LogP contribution in [0.5, 0.6) is 0 Å². The van der Waals surface area contributed by atoms with Gasteiger partial charge in [0.05, 0.1) is 0 Å². The first kappa shape index (κ1) is 20.2. The second kappa shape index (κ2) is 8.19. The number of aromatic amines is 1. The molecule has 0 saturated carbocycles. The third-order valence-corrected chi connectivity index (χ3v) is 7.68. The highest BCUT2D eigenvalue weighted by atomic mass is 16.1. The van der Waals surface area contributed by atoms with Gasteiger partial charge >= 0.3 is 0 Å². The lowest BCUT2D eigenvalue weighted by Gasteiger charge is -2.41. The monoisotopic (exact) mass is 431 g/mol. The highest BCUT2D eigenvalue weighted by Crippen LogP contribution is 2.53. The minimum absolute atomic E-state index is 0.216. The molecular weight excluding hydrogens is 402 g/mol. The van der Waals surface area contributed by atoms with Crippen molar-refractivity contribution in [2.75, 3.05) is 0 Å². The molecule has 0 amide bonds. The topological polar surface area (TPSA) is 32.9 Å². The Morgan fingerprint density at radius 3 is 2.36 bits per heavy atom. The Labute approximate surface area is 195 Å². The number of aromatic nitrogens is 1. The van der Waals surface area contributed by atoms with Gasteiger partial charge < -0.3 is 4.98 Å². The first-order valence-electron chi connectivity index (χ1n) is 12.1. The summed E-state index contributed by atoms with van der Waals surface area (Å²) in [6, 6.07) is 28.7. The summed E-state index contributed by atoms with van der Waals surface area (Å²) in [4.78, 5) is 16.3. The van der Waals surface area contributed by atoms with Gasteiger partial charge in [-0.15, -0.1) is 0 Å². The van der Waals surface area contributed by atoms with Crippen molar-refractivity contribution < 1.29 is 4.79 Å². The molecule has 2 heteroatoms. The summed E-state index contributed by atoms with van der Waals surface area (Å²) >= 11 is 0. The number of carbonyl (C=O) groups is 1. The summed E-state index contributed by atoms with van der Waals surface area (Å²) in [5.41, 5.74) is 9.29. The lowest BCUT2D eigenvalue weighted by Crippen LogP contribution is -2.31. The van der Waals surface area contributed by atoms with E-state index >= 15 is 0 Å². The largest absolute Gasteiger partial charge is 0.358 e. The summed E-state index contributed by atoms with van der Waals surface area (Å²) in [5, 5.41) is 1.32. The molecule has 1 N–H and O–H groups in total. The van der Waals surface area contributed by atoms with E-state index in [0.29, 0.717) is 12.3 Å². The standard InChI is InChI=1S/C31H29NO/c1-20-14-16-22(17-15-20)30-29(23-10-7-11-24(33)18-23)26(21-8-3-2-4-9-21)19-28-31(30)25-12-5-6-13-27(25)32-28/h2-6,8-9,12-18,26,29-30,32H,7,10-11,19H2,1H3/t26-,29+,30-/m0/s1. The maximum atomic E-state index is 12.6. The van der Waals surface area contributed by atoms with Crippen LogP contribution in [0.3, 0.4) is 0 Å². The highest BCUT2D eigenvalue weighted by Gasteiger charge is 2.42. The van der Waals surface area contributed by atoms with E-state index in [0.717, 1.165) is 19.3 Å². The van der Waals surface area contributed by atoms with Crippen LogP contribution in [0.4, 0.5) is 0 Å². The van der Waals surface area contributed by atoms with E-state index in [2.05, 4.69) is 90.8 Å². The molecule has 2 nitrogen and oxygen atoms in total. The molecule has 0 radical (unpaired) electrons. The van der Waals surface area contributed by atoms with Crippen molar-refractivity contribution in [3.8, 4) is 0 Å². The first-order chi connectivity index (χ1) is 16.2. The maximum absolute atomic E-state index is 12.6. The van der Waals surface area contributed by atoms with Gasteiger partial charge in [-0.05, 0) is 66.9 Å². The summed E-state index contributed by atoms with van der Waals surface area (Å²) in [7, 11) is 0. The Morgan fingerprint density at radius 1 is 0.818 bits per heavy atom. The molecule has 0 aliphatic heterocycles. The van der Waals surface area contributed by atoms with Gasteiger partial charge in [-0.3, -0.25) is 4.79 Å². The van der Waals surface area contributed by atoms with E-state index < -0.39 is 0 Å². The number of allylic oxidation sites excluding steroid dienone is 2. The van der Waals surface area contributed by atoms with Gasteiger partial charge in [-0.2, -0.15) is 0 Å². The van der Waals surface area contributed by atoms with Crippen molar-refractivity contribution in [1.82, 2.24) is 4.98 Å². The zero-order chi connectivity index (χ0) is 22.4. The fraction of sp³-hybridized carbons (Fsp3) is 0.258. The number of H-pyrrole nitrogens is 1. The highest BCUT2D eigenvalue weighted by molar-refractivity contribution is 5.91. The van der Waals surface area contributed by atoms with Crippen LogP contribution in [0, 0.1) is 12.8 Å². The Kier molecular flexibility index (Phi) is 5.02. The third kappa shape index (κ3) is 3.54. The Hall–Kier alpha value is -3.39. The van der Waals surface area contributed by atoms with Crippen LogP contribution in [0.2, 0.25) is 0 Å². The molecule has 164 valence electrons. The minimum Gasteiger partial charge on any atom is -0.358 e. The van der Waals surface area contributed by atoms with Crippen LogP contribution in [-0.4, -0.2) is 10.8 Å². The van der Waals surface area contributed by atoms with Crippen molar-refractivity contribution in [1.29, 1.82) is 0 Å². The lowest BCUT2D eigenvalue weighted by molar-refractivity contribution is -0.115.